The maximum Gasteiger partial charge on any atom is 0.219 e. The van der Waals surface area contributed by atoms with Crippen molar-refractivity contribution in [1.82, 2.24) is 9.47 Å². The van der Waals surface area contributed by atoms with Gasteiger partial charge >= 0.3 is 0 Å². The minimum atomic E-state index is 0.143. The molecule has 3 rings (SSSR count). The minimum absolute atomic E-state index is 0.143. The van der Waals surface area contributed by atoms with Crippen LogP contribution in [-0.2, 0) is 23.0 Å². The number of aryl methyl sites for hydroxylation is 1. The summed E-state index contributed by atoms with van der Waals surface area (Å²) in [4.78, 5) is 13.5. The van der Waals surface area contributed by atoms with Crippen molar-refractivity contribution in [3.8, 4) is 0 Å². The average Bonchev–Trinajstić information content (AvgIpc) is 2.69. The van der Waals surface area contributed by atoms with Gasteiger partial charge in [-0.25, -0.2) is 0 Å². The zero-order valence-electron chi connectivity index (χ0n) is 12.7. The first-order valence-corrected chi connectivity index (χ1v) is 7.50. The van der Waals surface area contributed by atoms with Crippen molar-refractivity contribution >= 4 is 16.8 Å². The molecule has 0 saturated carbocycles. The van der Waals surface area contributed by atoms with E-state index < -0.39 is 0 Å². The molecule has 1 aliphatic heterocycles. The van der Waals surface area contributed by atoms with Gasteiger partial charge in [0, 0.05) is 44.7 Å². The van der Waals surface area contributed by atoms with E-state index in [4.69, 9.17) is 4.74 Å². The second-order valence-electron chi connectivity index (χ2n) is 5.93. The van der Waals surface area contributed by atoms with Crippen LogP contribution in [0.3, 0.4) is 0 Å². The van der Waals surface area contributed by atoms with Crippen LogP contribution in [-0.4, -0.2) is 41.7 Å². The van der Waals surface area contributed by atoms with Crippen LogP contribution in [0.25, 0.3) is 10.9 Å². The van der Waals surface area contributed by atoms with E-state index in [2.05, 4.69) is 42.1 Å². The normalized spacial score (nSPS) is 19.7. The second-order valence-corrected chi connectivity index (χ2v) is 5.93. The van der Waals surface area contributed by atoms with E-state index in [9.17, 15) is 4.79 Å². The Balaban J connectivity index is 1.75. The smallest absolute Gasteiger partial charge is 0.219 e. The topological polar surface area (TPSA) is 34.5 Å². The largest absolute Gasteiger partial charge is 0.379 e. The number of hydrogen-bond donors (Lipinski definition) is 0. The molecule has 0 unspecified atom stereocenters. The number of carbonyl (C=O) groups is 1. The third-order valence-electron chi connectivity index (χ3n) is 4.26. The van der Waals surface area contributed by atoms with Gasteiger partial charge in [0.2, 0.25) is 5.91 Å². The van der Waals surface area contributed by atoms with Crippen LogP contribution in [0.15, 0.2) is 30.5 Å². The molecule has 1 amide bonds. The first-order chi connectivity index (χ1) is 10.1. The molecule has 0 aliphatic carbocycles. The van der Waals surface area contributed by atoms with E-state index in [1.807, 2.05) is 4.90 Å². The first-order valence-electron chi connectivity index (χ1n) is 7.50. The number of rotatable bonds is 2. The van der Waals surface area contributed by atoms with Crippen LogP contribution in [0.5, 0.6) is 0 Å². The number of benzene rings is 1. The number of amides is 1. The Hall–Kier alpha value is -1.81. The lowest BCUT2D eigenvalue weighted by Gasteiger charge is -2.22. The number of nitrogens with zero attached hydrogens (tertiary/aromatic N) is 2. The highest BCUT2D eigenvalue weighted by Gasteiger charge is 2.20. The Morgan fingerprint density at radius 1 is 1.38 bits per heavy atom. The van der Waals surface area contributed by atoms with Gasteiger partial charge in [0.05, 0.1) is 13.2 Å². The highest BCUT2D eigenvalue weighted by Crippen LogP contribution is 2.20. The van der Waals surface area contributed by atoms with Gasteiger partial charge in [-0.3, -0.25) is 4.79 Å². The van der Waals surface area contributed by atoms with Crippen LogP contribution >= 0.6 is 0 Å². The molecular formula is C17H22N2O2. The number of hydrogen-bond acceptors (Lipinski definition) is 2. The third kappa shape index (κ3) is 3.10. The first kappa shape index (κ1) is 14.1. The highest BCUT2D eigenvalue weighted by atomic mass is 16.5. The van der Waals surface area contributed by atoms with Crippen LogP contribution in [0.4, 0.5) is 0 Å². The van der Waals surface area contributed by atoms with E-state index in [0.29, 0.717) is 19.1 Å². The Bertz CT molecular complexity index is 647. The predicted molar refractivity (Wildman–Crippen MR) is 83.2 cm³/mol. The summed E-state index contributed by atoms with van der Waals surface area (Å²) in [6.45, 7) is 4.52. The van der Waals surface area contributed by atoms with Crippen molar-refractivity contribution in [2.75, 3.05) is 26.3 Å². The van der Waals surface area contributed by atoms with Gasteiger partial charge in [-0.15, -0.1) is 0 Å². The maximum atomic E-state index is 11.6. The average molecular weight is 286 g/mol. The molecule has 0 radical (unpaired) electrons. The Morgan fingerprint density at radius 2 is 2.24 bits per heavy atom. The van der Waals surface area contributed by atoms with Crippen molar-refractivity contribution < 1.29 is 9.53 Å². The molecule has 21 heavy (non-hydrogen) atoms. The lowest BCUT2D eigenvalue weighted by atomic mass is 9.98. The molecule has 0 bridgehead atoms. The van der Waals surface area contributed by atoms with Crippen LogP contribution in [0.2, 0.25) is 0 Å². The summed E-state index contributed by atoms with van der Waals surface area (Å²) in [6.07, 6.45) is 3.04. The summed E-state index contributed by atoms with van der Waals surface area (Å²) in [5.74, 6) is 0.515. The molecule has 0 spiro atoms. The third-order valence-corrected chi connectivity index (χ3v) is 4.26. The van der Waals surface area contributed by atoms with Gasteiger partial charge < -0.3 is 14.2 Å². The molecule has 112 valence electrons. The van der Waals surface area contributed by atoms with E-state index in [1.165, 1.54) is 16.5 Å². The monoisotopic (exact) mass is 286 g/mol. The van der Waals surface area contributed by atoms with E-state index in [0.717, 1.165) is 19.6 Å². The molecule has 1 aromatic carbocycles. The predicted octanol–water partition coefficient (Wildman–Crippen LogP) is 2.22. The van der Waals surface area contributed by atoms with E-state index in [-0.39, 0.29) is 5.91 Å². The standard InChI is InChI=1S/C17H22N2O2/c1-13(20)19-7-8-21-12-15(11-19)9-14-3-4-17-16(10-14)5-6-18(17)2/h3-6,10,15H,7-9,11-12H2,1-2H3/t15-/m0/s1. The zero-order valence-corrected chi connectivity index (χ0v) is 12.7. The summed E-state index contributed by atoms with van der Waals surface area (Å²) in [5, 5.41) is 1.27. The Kier molecular flexibility index (Phi) is 3.97. The lowest BCUT2D eigenvalue weighted by Crippen LogP contribution is -2.34. The molecule has 1 saturated heterocycles. The van der Waals surface area contributed by atoms with Crippen molar-refractivity contribution in [2.24, 2.45) is 13.0 Å². The fourth-order valence-corrected chi connectivity index (χ4v) is 3.08. The van der Waals surface area contributed by atoms with Crippen LogP contribution in [0.1, 0.15) is 12.5 Å². The number of fused-ring (bicyclic) bond motifs is 1. The van der Waals surface area contributed by atoms with Gasteiger partial charge in [0.15, 0.2) is 0 Å². The van der Waals surface area contributed by atoms with Gasteiger partial charge in [-0.05, 0) is 35.6 Å². The van der Waals surface area contributed by atoms with Gasteiger partial charge in [-0.2, -0.15) is 0 Å². The fraction of sp³-hybridized carbons (Fsp3) is 0.471. The van der Waals surface area contributed by atoms with Crippen molar-refractivity contribution in [1.29, 1.82) is 0 Å². The van der Waals surface area contributed by atoms with Crippen molar-refractivity contribution in [2.45, 2.75) is 13.3 Å². The van der Waals surface area contributed by atoms with E-state index >= 15 is 0 Å². The zero-order chi connectivity index (χ0) is 14.8. The summed E-state index contributed by atoms with van der Waals surface area (Å²) in [7, 11) is 2.06. The number of ether oxygens (including phenoxy) is 1. The van der Waals surface area contributed by atoms with E-state index in [1.54, 1.807) is 6.92 Å². The highest BCUT2D eigenvalue weighted by molar-refractivity contribution is 5.80. The summed E-state index contributed by atoms with van der Waals surface area (Å²) in [6, 6.07) is 8.75. The molecule has 1 aliphatic rings. The molecule has 4 nitrogen and oxygen atoms in total. The molecule has 0 N–H and O–H groups in total. The molecule has 2 heterocycles. The summed E-state index contributed by atoms with van der Waals surface area (Å²) in [5.41, 5.74) is 2.56. The number of carbonyl (C=O) groups excluding carboxylic acids is 1. The second kappa shape index (κ2) is 5.90. The molecule has 4 heteroatoms. The minimum Gasteiger partial charge on any atom is -0.379 e. The van der Waals surface area contributed by atoms with Crippen molar-refractivity contribution in [3.63, 3.8) is 0 Å². The maximum absolute atomic E-state index is 11.6. The lowest BCUT2D eigenvalue weighted by molar-refractivity contribution is -0.129. The van der Waals surface area contributed by atoms with Gasteiger partial charge in [0.25, 0.3) is 0 Å². The molecular weight excluding hydrogens is 264 g/mol. The summed E-state index contributed by atoms with van der Waals surface area (Å²) >= 11 is 0. The quantitative estimate of drug-likeness (QED) is 0.848. The molecule has 1 aromatic heterocycles. The number of aromatic nitrogens is 1. The SMILES string of the molecule is CC(=O)N1CCOC[C@@H](Cc2ccc3c(ccn3C)c2)C1. The van der Waals surface area contributed by atoms with Gasteiger partial charge in [0.1, 0.15) is 0 Å². The molecule has 2 aromatic rings. The van der Waals surface area contributed by atoms with Crippen LogP contribution < -0.4 is 0 Å². The Labute approximate surface area is 125 Å². The molecule has 1 fully saturated rings. The van der Waals surface area contributed by atoms with Crippen LogP contribution in [0, 0.1) is 5.92 Å². The molecule has 1 atom stereocenters. The summed E-state index contributed by atoms with van der Waals surface area (Å²) < 4.78 is 7.78. The Morgan fingerprint density at radius 3 is 3.05 bits per heavy atom. The fourth-order valence-electron chi connectivity index (χ4n) is 3.08. The van der Waals surface area contributed by atoms with Gasteiger partial charge in [-0.1, -0.05) is 6.07 Å². The van der Waals surface area contributed by atoms with Crippen molar-refractivity contribution in [3.05, 3.63) is 36.0 Å².